The summed E-state index contributed by atoms with van der Waals surface area (Å²) in [7, 11) is 0. The van der Waals surface area contributed by atoms with Gasteiger partial charge in [0.15, 0.2) is 11.6 Å². The largest absolute Gasteiger partial charge is 0.365 e. The van der Waals surface area contributed by atoms with Crippen LogP contribution in [0.3, 0.4) is 0 Å². The highest BCUT2D eigenvalue weighted by molar-refractivity contribution is 4.97. The molecular weight excluding hydrogens is 196 g/mol. The number of hydrogen-bond donors (Lipinski definition) is 4. The molecule has 2 aliphatic rings. The Bertz CT molecular complexity index is 223. The Kier molecular flexibility index (Phi) is 2.58. The zero-order chi connectivity index (χ0) is 11.2. The van der Waals surface area contributed by atoms with Crippen LogP contribution in [-0.2, 0) is 0 Å². The molecule has 0 amide bonds. The summed E-state index contributed by atoms with van der Waals surface area (Å²) in [5, 5.41) is 38.7. The molecule has 15 heavy (non-hydrogen) atoms. The van der Waals surface area contributed by atoms with Crippen molar-refractivity contribution in [2.24, 2.45) is 5.41 Å². The Morgan fingerprint density at radius 1 is 0.600 bits per heavy atom. The lowest BCUT2D eigenvalue weighted by molar-refractivity contribution is -0.309. The fourth-order valence-electron chi connectivity index (χ4n) is 3.50. The zero-order valence-electron chi connectivity index (χ0n) is 8.95. The van der Waals surface area contributed by atoms with E-state index in [2.05, 4.69) is 0 Å². The van der Waals surface area contributed by atoms with Crippen LogP contribution >= 0.6 is 0 Å². The summed E-state index contributed by atoms with van der Waals surface area (Å²) in [5.74, 6) is -3.84. The Labute approximate surface area is 89.6 Å². The number of hydrogen-bond acceptors (Lipinski definition) is 4. The highest BCUT2D eigenvalue weighted by atomic mass is 16.5. The molecule has 0 aromatic carbocycles. The molecule has 0 aromatic heterocycles. The summed E-state index contributed by atoms with van der Waals surface area (Å²) >= 11 is 0. The maximum absolute atomic E-state index is 9.66. The van der Waals surface area contributed by atoms with Crippen molar-refractivity contribution in [1.29, 1.82) is 0 Å². The minimum Gasteiger partial charge on any atom is -0.365 e. The van der Waals surface area contributed by atoms with Gasteiger partial charge in [-0.3, -0.25) is 0 Å². The van der Waals surface area contributed by atoms with E-state index in [1.807, 2.05) is 0 Å². The standard InChI is InChI=1S/C11H20O4/c12-10(13)6-9(4-2-1-3-5-9)7-11(14,15)8-10/h12-15H,1-8H2. The van der Waals surface area contributed by atoms with Crippen LogP contribution < -0.4 is 0 Å². The van der Waals surface area contributed by atoms with Crippen molar-refractivity contribution in [3.05, 3.63) is 0 Å². The molecule has 0 saturated heterocycles. The van der Waals surface area contributed by atoms with Crippen LogP contribution in [0.5, 0.6) is 0 Å². The van der Waals surface area contributed by atoms with Crippen molar-refractivity contribution >= 4 is 0 Å². The van der Waals surface area contributed by atoms with Gasteiger partial charge in [-0.2, -0.15) is 0 Å². The lowest BCUT2D eigenvalue weighted by Gasteiger charge is -2.49. The second-order valence-corrected chi connectivity index (χ2v) is 5.56. The maximum atomic E-state index is 9.66. The normalized spacial score (nSPS) is 32.8. The van der Waals surface area contributed by atoms with E-state index in [9.17, 15) is 20.4 Å². The molecule has 1 spiro atoms. The Balaban J connectivity index is 2.18. The van der Waals surface area contributed by atoms with Crippen LogP contribution in [0, 0.1) is 5.41 Å². The molecule has 88 valence electrons. The summed E-state index contributed by atoms with van der Waals surface area (Å²) in [4.78, 5) is 0. The highest BCUT2D eigenvalue weighted by Gasteiger charge is 2.52. The second-order valence-electron chi connectivity index (χ2n) is 5.56. The molecule has 2 aliphatic carbocycles. The Morgan fingerprint density at radius 2 is 1.07 bits per heavy atom. The van der Waals surface area contributed by atoms with Crippen molar-refractivity contribution in [2.75, 3.05) is 0 Å². The molecule has 0 bridgehead atoms. The maximum Gasteiger partial charge on any atom is 0.168 e. The average Bonchev–Trinajstić information content (AvgIpc) is 1.97. The van der Waals surface area contributed by atoms with Crippen LogP contribution in [0.2, 0.25) is 0 Å². The van der Waals surface area contributed by atoms with E-state index in [4.69, 9.17) is 0 Å². The van der Waals surface area contributed by atoms with Crippen molar-refractivity contribution in [3.8, 4) is 0 Å². The smallest absolute Gasteiger partial charge is 0.168 e. The van der Waals surface area contributed by atoms with E-state index in [0.717, 1.165) is 32.1 Å². The van der Waals surface area contributed by atoms with Crippen LogP contribution in [0.4, 0.5) is 0 Å². The van der Waals surface area contributed by atoms with Gasteiger partial charge in [-0.25, -0.2) is 0 Å². The number of rotatable bonds is 0. The molecule has 0 atom stereocenters. The van der Waals surface area contributed by atoms with Crippen molar-refractivity contribution in [3.63, 3.8) is 0 Å². The van der Waals surface area contributed by atoms with Gasteiger partial charge in [-0.05, 0) is 18.3 Å². The van der Waals surface area contributed by atoms with E-state index in [1.165, 1.54) is 0 Å². The fraction of sp³-hybridized carbons (Fsp3) is 1.00. The second kappa shape index (κ2) is 3.42. The van der Waals surface area contributed by atoms with E-state index >= 15 is 0 Å². The first-order valence-electron chi connectivity index (χ1n) is 5.72. The zero-order valence-corrected chi connectivity index (χ0v) is 8.95. The highest BCUT2D eigenvalue weighted by Crippen LogP contribution is 2.52. The molecular formula is C11H20O4. The van der Waals surface area contributed by atoms with E-state index < -0.39 is 11.6 Å². The lowest BCUT2D eigenvalue weighted by atomic mass is 9.62. The van der Waals surface area contributed by atoms with Crippen molar-refractivity contribution in [1.82, 2.24) is 0 Å². The summed E-state index contributed by atoms with van der Waals surface area (Å²) in [6.07, 6.45) is 5.21. The molecule has 4 N–H and O–H groups in total. The quantitative estimate of drug-likeness (QED) is 0.444. The van der Waals surface area contributed by atoms with Crippen LogP contribution in [-0.4, -0.2) is 32.0 Å². The molecule has 2 rings (SSSR count). The molecule has 0 radical (unpaired) electrons. The van der Waals surface area contributed by atoms with Gasteiger partial charge >= 0.3 is 0 Å². The Hall–Kier alpha value is -0.160. The first kappa shape index (κ1) is 11.3. The van der Waals surface area contributed by atoms with Gasteiger partial charge < -0.3 is 20.4 Å². The third-order valence-electron chi connectivity index (χ3n) is 3.80. The van der Waals surface area contributed by atoms with Gasteiger partial charge in [0.25, 0.3) is 0 Å². The van der Waals surface area contributed by atoms with Gasteiger partial charge in [-0.1, -0.05) is 19.3 Å². The molecule has 2 fully saturated rings. The summed E-state index contributed by atoms with van der Waals surface area (Å²) in [6.45, 7) is 0. The molecule has 0 aromatic rings. The lowest BCUT2D eigenvalue weighted by Crippen LogP contribution is -2.53. The minimum atomic E-state index is -1.92. The van der Waals surface area contributed by atoms with Gasteiger partial charge in [0, 0.05) is 12.8 Å². The van der Waals surface area contributed by atoms with E-state index in [1.54, 1.807) is 0 Å². The third kappa shape index (κ3) is 2.50. The van der Waals surface area contributed by atoms with Gasteiger partial charge in [0.05, 0.1) is 6.42 Å². The molecule has 0 aliphatic heterocycles. The average molecular weight is 216 g/mol. The molecule has 0 heterocycles. The predicted molar refractivity (Wildman–Crippen MR) is 53.7 cm³/mol. The van der Waals surface area contributed by atoms with Crippen LogP contribution in [0.1, 0.15) is 51.4 Å². The summed E-state index contributed by atoms with van der Waals surface area (Å²) < 4.78 is 0. The van der Waals surface area contributed by atoms with Crippen molar-refractivity contribution < 1.29 is 20.4 Å². The van der Waals surface area contributed by atoms with E-state index in [0.29, 0.717) is 0 Å². The van der Waals surface area contributed by atoms with E-state index in [-0.39, 0.29) is 24.7 Å². The summed E-state index contributed by atoms with van der Waals surface area (Å²) in [5.41, 5.74) is -0.274. The number of aliphatic hydroxyl groups is 4. The van der Waals surface area contributed by atoms with Gasteiger partial charge in [0.2, 0.25) is 0 Å². The van der Waals surface area contributed by atoms with Crippen molar-refractivity contribution in [2.45, 2.75) is 62.9 Å². The molecule has 0 unspecified atom stereocenters. The monoisotopic (exact) mass is 216 g/mol. The third-order valence-corrected chi connectivity index (χ3v) is 3.80. The topological polar surface area (TPSA) is 80.9 Å². The first-order chi connectivity index (χ1) is 6.83. The molecule has 4 heteroatoms. The molecule has 4 nitrogen and oxygen atoms in total. The predicted octanol–water partition coefficient (Wildman–Crippen LogP) is 0.483. The SMILES string of the molecule is OC1(O)CC(O)(O)CC2(CCCCC2)C1. The molecule has 2 saturated carbocycles. The fourth-order valence-corrected chi connectivity index (χ4v) is 3.50. The minimum absolute atomic E-state index is 0.274. The van der Waals surface area contributed by atoms with Gasteiger partial charge in [-0.15, -0.1) is 0 Å². The van der Waals surface area contributed by atoms with Crippen LogP contribution in [0.15, 0.2) is 0 Å². The Morgan fingerprint density at radius 3 is 1.53 bits per heavy atom. The van der Waals surface area contributed by atoms with Crippen LogP contribution in [0.25, 0.3) is 0 Å². The first-order valence-corrected chi connectivity index (χ1v) is 5.72. The van der Waals surface area contributed by atoms with Gasteiger partial charge in [0.1, 0.15) is 0 Å². The summed E-state index contributed by atoms with van der Waals surface area (Å²) in [6, 6.07) is 0.